The minimum atomic E-state index is -0.911. The molecule has 1 aliphatic heterocycles. The number of rotatable bonds is 8. The van der Waals surface area contributed by atoms with Crippen molar-refractivity contribution in [3.05, 3.63) is 0 Å². The minimum absolute atomic E-state index is 0.141. The third kappa shape index (κ3) is 4.57. The molecule has 1 N–H and O–H groups in total. The van der Waals surface area contributed by atoms with Crippen molar-refractivity contribution in [3.8, 4) is 0 Å². The average Bonchev–Trinajstić information content (AvgIpc) is 2.94. The van der Waals surface area contributed by atoms with Gasteiger partial charge < -0.3 is 24.4 Å². The number of amides is 2. The largest absolute Gasteiger partial charge is 0.481 e. The van der Waals surface area contributed by atoms with Gasteiger partial charge in [0.15, 0.2) is 0 Å². The number of carboxylic acid groups (broad SMARTS) is 1. The number of carbonyl (C=O) groups excluding carboxylic acids is 1. The van der Waals surface area contributed by atoms with Gasteiger partial charge in [0.2, 0.25) is 0 Å². The summed E-state index contributed by atoms with van der Waals surface area (Å²) in [5.74, 6) is -1.56. The summed E-state index contributed by atoms with van der Waals surface area (Å²) in [5.41, 5.74) is 0. The number of hydrogen-bond acceptors (Lipinski definition) is 4. The Hall–Kier alpha value is -1.34. The third-order valence-electron chi connectivity index (χ3n) is 3.70. The molecule has 1 heterocycles. The zero-order valence-corrected chi connectivity index (χ0v) is 13.1. The number of urea groups is 1. The molecule has 21 heavy (non-hydrogen) atoms. The van der Waals surface area contributed by atoms with Crippen LogP contribution in [0.1, 0.15) is 20.3 Å². The second-order valence-electron chi connectivity index (χ2n) is 5.10. The quantitative estimate of drug-likeness (QED) is 0.720. The molecular weight excluding hydrogens is 276 g/mol. The molecule has 0 spiro atoms. The Kier molecular flexibility index (Phi) is 7.45. The highest BCUT2D eigenvalue weighted by Gasteiger charge is 2.40. The lowest BCUT2D eigenvalue weighted by atomic mass is 10.0. The van der Waals surface area contributed by atoms with Crippen LogP contribution in [0.4, 0.5) is 4.79 Å². The Balaban J connectivity index is 2.83. The van der Waals surface area contributed by atoms with Crippen LogP contribution in [-0.4, -0.2) is 79.5 Å². The summed E-state index contributed by atoms with van der Waals surface area (Å²) in [6.45, 7) is 6.37. The molecule has 2 amide bonds. The Morgan fingerprint density at radius 1 is 1.29 bits per heavy atom. The number of hydrogen-bond donors (Lipinski definition) is 1. The van der Waals surface area contributed by atoms with Crippen LogP contribution >= 0.6 is 0 Å². The number of likely N-dealkylation sites (N-methyl/N-ethyl adjacent to an activating group) is 1. The van der Waals surface area contributed by atoms with Crippen molar-refractivity contribution in [1.82, 2.24) is 9.80 Å². The zero-order valence-electron chi connectivity index (χ0n) is 13.1. The summed E-state index contributed by atoms with van der Waals surface area (Å²) in [4.78, 5) is 27.3. The Labute approximate surface area is 125 Å². The molecule has 0 radical (unpaired) electrons. The van der Waals surface area contributed by atoms with Crippen LogP contribution in [0.25, 0.3) is 0 Å². The molecule has 1 rings (SSSR count). The van der Waals surface area contributed by atoms with Gasteiger partial charge in [-0.15, -0.1) is 0 Å². The summed E-state index contributed by atoms with van der Waals surface area (Å²) in [6, 6.07) is -0.537. The first-order valence-electron chi connectivity index (χ1n) is 7.41. The standard InChI is InChI=1S/C14H26N2O5/c1-4-6-16(12-10-21-9-11(12)13(17)18)14(19)15(5-2)7-8-20-3/h11-12H,4-10H2,1-3H3,(H,17,18). The minimum Gasteiger partial charge on any atom is -0.481 e. The second-order valence-corrected chi connectivity index (χ2v) is 5.10. The number of carbonyl (C=O) groups is 2. The summed E-state index contributed by atoms with van der Waals surface area (Å²) >= 11 is 0. The lowest BCUT2D eigenvalue weighted by Crippen LogP contribution is -2.52. The summed E-state index contributed by atoms with van der Waals surface area (Å²) in [5, 5.41) is 9.27. The molecule has 0 bridgehead atoms. The maximum Gasteiger partial charge on any atom is 0.320 e. The van der Waals surface area contributed by atoms with Crippen LogP contribution in [-0.2, 0) is 14.3 Å². The summed E-state index contributed by atoms with van der Waals surface area (Å²) in [6.07, 6.45) is 0.774. The fourth-order valence-electron chi connectivity index (χ4n) is 2.50. The normalized spacial score (nSPS) is 21.3. The van der Waals surface area contributed by atoms with E-state index >= 15 is 0 Å². The van der Waals surface area contributed by atoms with Crippen molar-refractivity contribution < 1.29 is 24.2 Å². The maximum absolute atomic E-state index is 12.7. The molecule has 122 valence electrons. The number of ether oxygens (including phenoxy) is 2. The van der Waals surface area contributed by atoms with Crippen LogP contribution < -0.4 is 0 Å². The van der Waals surface area contributed by atoms with Gasteiger partial charge in [0.25, 0.3) is 0 Å². The highest BCUT2D eigenvalue weighted by molar-refractivity contribution is 5.77. The van der Waals surface area contributed by atoms with Crippen LogP contribution in [0.5, 0.6) is 0 Å². The van der Waals surface area contributed by atoms with E-state index in [1.807, 2.05) is 13.8 Å². The fraction of sp³-hybridized carbons (Fsp3) is 0.857. The molecule has 0 aromatic rings. The summed E-state index contributed by atoms with van der Waals surface area (Å²) in [7, 11) is 1.59. The summed E-state index contributed by atoms with van der Waals surface area (Å²) < 4.78 is 10.3. The lowest BCUT2D eigenvalue weighted by molar-refractivity contribution is -0.142. The fourth-order valence-corrected chi connectivity index (χ4v) is 2.50. The lowest BCUT2D eigenvalue weighted by Gasteiger charge is -2.34. The van der Waals surface area contributed by atoms with E-state index in [0.29, 0.717) is 26.2 Å². The van der Waals surface area contributed by atoms with Gasteiger partial charge in [0.1, 0.15) is 5.92 Å². The predicted octanol–water partition coefficient (Wildman–Crippen LogP) is 0.886. The van der Waals surface area contributed by atoms with E-state index in [1.54, 1.807) is 16.9 Å². The molecule has 0 saturated carbocycles. The van der Waals surface area contributed by atoms with E-state index < -0.39 is 17.9 Å². The van der Waals surface area contributed by atoms with E-state index in [4.69, 9.17) is 9.47 Å². The van der Waals surface area contributed by atoms with Crippen molar-refractivity contribution in [2.75, 3.05) is 46.6 Å². The first kappa shape index (κ1) is 17.7. The molecule has 7 heteroatoms. The monoisotopic (exact) mass is 302 g/mol. The first-order valence-corrected chi connectivity index (χ1v) is 7.41. The van der Waals surface area contributed by atoms with E-state index in [0.717, 1.165) is 6.42 Å². The molecular formula is C14H26N2O5. The van der Waals surface area contributed by atoms with Crippen molar-refractivity contribution in [2.45, 2.75) is 26.3 Å². The first-order chi connectivity index (χ1) is 10.1. The maximum atomic E-state index is 12.7. The third-order valence-corrected chi connectivity index (χ3v) is 3.70. The van der Waals surface area contributed by atoms with Gasteiger partial charge in [0.05, 0.1) is 25.9 Å². The molecule has 1 saturated heterocycles. The predicted molar refractivity (Wildman–Crippen MR) is 77.2 cm³/mol. The van der Waals surface area contributed by atoms with Crippen LogP contribution in [0.2, 0.25) is 0 Å². The van der Waals surface area contributed by atoms with Gasteiger partial charge in [-0.05, 0) is 13.3 Å². The van der Waals surface area contributed by atoms with E-state index in [-0.39, 0.29) is 19.2 Å². The van der Waals surface area contributed by atoms with Crippen molar-refractivity contribution in [1.29, 1.82) is 0 Å². The van der Waals surface area contributed by atoms with E-state index in [1.165, 1.54) is 0 Å². The van der Waals surface area contributed by atoms with Crippen molar-refractivity contribution in [2.24, 2.45) is 5.92 Å². The van der Waals surface area contributed by atoms with Gasteiger partial charge >= 0.3 is 12.0 Å². The van der Waals surface area contributed by atoms with Crippen LogP contribution in [0.3, 0.4) is 0 Å². The van der Waals surface area contributed by atoms with Crippen molar-refractivity contribution >= 4 is 12.0 Å². The number of methoxy groups -OCH3 is 1. The van der Waals surface area contributed by atoms with Gasteiger partial charge in [-0.25, -0.2) is 4.79 Å². The molecule has 1 fully saturated rings. The van der Waals surface area contributed by atoms with Gasteiger partial charge in [-0.3, -0.25) is 4.79 Å². The van der Waals surface area contributed by atoms with Gasteiger partial charge in [-0.1, -0.05) is 6.92 Å². The van der Waals surface area contributed by atoms with E-state index in [2.05, 4.69) is 0 Å². The van der Waals surface area contributed by atoms with Crippen molar-refractivity contribution in [3.63, 3.8) is 0 Å². The molecule has 0 aromatic heterocycles. The number of carboxylic acids is 1. The molecule has 0 aromatic carbocycles. The SMILES string of the molecule is CCCN(C(=O)N(CC)CCOC)C1COCC1C(=O)O. The Morgan fingerprint density at radius 3 is 2.52 bits per heavy atom. The average molecular weight is 302 g/mol. The highest BCUT2D eigenvalue weighted by Crippen LogP contribution is 2.21. The Bertz CT molecular complexity index is 350. The molecule has 1 aliphatic rings. The Morgan fingerprint density at radius 2 is 2.00 bits per heavy atom. The van der Waals surface area contributed by atoms with Crippen LogP contribution in [0.15, 0.2) is 0 Å². The molecule has 0 aliphatic carbocycles. The van der Waals surface area contributed by atoms with E-state index in [9.17, 15) is 14.7 Å². The second kappa shape index (κ2) is 8.84. The molecule has 2 unspecified atom stereocenters. The van der Waals surface area contributed by atoms with Gasteiger partial charge in [0, 0.05) is 26.7 Å². The highest BCUT2D eigenvalue weighted by atomic mass is 16.5. The number of aliphatic carboxylic acids is 1. The topological polar surface area (TPSA) is 79.3 Å². The molecule has 2 atom stereocenters. The smallest absolute Gasteiger partial charge is 0.320 e. The van der Waals surface area contributed by atoms with Gasteiger partial charge in [-0.2, -0.15) is 0 Å². The molecule has 7 nitrogen and oxygen atoms in total. The zero-order chi connectivity index (χ0) is 15.8. The van der Waals surface area contributed by atoms with Crippen LogP contribution in [0, 0.1) is 5.92 Å². The number of nitrogens with zero attached hydrogens (tertiary/aromatic N) is 2.